The van der Waals surface area contributed by atoms with Gasteiger partial charge in [-0.1, -0.05) is 15.9 Å². The van der Waals surface area contributed by atoms with Crippen LogP contribution in [0.3, 0.4) is 0 Å². The number of aryl methyl sites for hydroxylation is 2. The fourth-order valence-corrected chi connectivity index (χ4v) is 3.40. The number of nitrogens with zero attached hydrogens (tertiary/aromatic N) is 1. The minimum absolute atomic E-state index is 0.389. The zero-order valence-electron chi connectivity index (χ0n) is 11.9. The first kappa shape index (κ1) is 16.0. The Labute approximate surface area is 139 Å². The van der Waals surface area contributed by atoms with Gasteiger partial charge in [0.05, 0.1) is 24.1 Å². The van der Waals surface area contributed by atoms with Crippen molar-refractivity contribution in [2.75, 3.05) is 12.4 Å². The maximum absolute atomic E-state index is 11.9. The van der Waals surface area contributed by atoms with E-state index in [0.717, 1.165) is 25.9 Å². The fraction of sp³-hybridized carbons (Fsp3) is 0.286. The standard InChI is InChI=1S/C14H15Br2N3O2/c1-7-11(8(2)19-18-7)6-17-13-10(14(20)21-3)4-9(15)5-12(13)16/h4-5,17H,6H2,1-3H3,(H,18,19). The number of hydrogen-bond donors (Lipinski definition) is 2. The van der Waals surface area contributed by atoms with Gasteiger partial charge in [-0.15, -0.1) is 0 Å². The Morgan fingerprint density at radius 1 is 1.38 bits per heavy atom. The van der Waals surface area contributed by atoms with Gasteiger partial charge in [0.25, 0.3) is 0 Å². The number of anilines is 1. The molecule has 0 saturated heterocycles. The molecule has 0 amide bonds. The van der Waals surface area contributed by atoms with Gasteiger partial charge in [0.15, 0.2) is 0 Å². The summed E-state index contributed by atoms with van der Waals surface area (Å²) in [7, 11) is 1.37. The molecule has 2 aromatic rings. The van der Waals surface area contributed by atoms with E-state index < -0.39 is 0 Å². The van der Waals surface area contributed by atoms with Crippen molar-refractivity contribution < 1.29 is 9.53 Å². The van der Waals surface area contributed by atoms with E-state index in [1.807, 2.05) is 19.9 Å². The Hall–Kier alpha value is -1.34. The van der Waals surface area contributed by atoms with Crippen molar-refractivity contribution in [1.29, 1.82) is 0 Å². The van der Waals surface area contributed by atoms with Crippen LogP contribution in [0.2, 0.25) is 0 Å². The van der Waals surface area contributed by atoms with E-state index in [4.69, 9.17) is 4.74 Å². The molecule has 0 aliphatic rings. The number of aromatic nitrogens is 2. The third-order valence-corrected chi connectivity index (χ3v) is 4.27. The number of rotatable bonds is 4. The molecule has 0 radical (unpaired) electrons. The molecule has 2 N–H and O–H groups in total. The van der Waals surface area contributed by atoms with Crippen molar-refractivity contribution in [2.45, 2.75) is 20.4 Å². The third kappa shape index (κ3) is 3.47. The second-order valence-electron chi connectivity index (χ2n) is 4.57. The van der Waals surface area contributed by atoms with Gasteiger partial charge in [-0.2, -0.15) is 5.10 Å². The van der Waals surface area contributed by atoms with Gasteiger partial charge in [-0.05, 0) is 41.9 Å². The van der Waals surface area contributed by atoms with Crippen LogP contribution < -0.4 is 5.32 Å². The average Bonchev–Trinajstić information content (AvgIpc) is 2.76. The van der Waals surface area contributed by atoms with Crippen LogP contribution in [0.25, 0.3) is 0 Å². The summed E-state index contributed by atoms with van der Waals surface area (Å²) in [5.74, 6) is -0.389. The number of hydrogen-bond acceptors (Lipinski definition) is 4. The molecule has 7 heteroatoms. The predicted octanol–water partition coefficient (Wildman–Crippen LogP) is 3.95. The van der Waals surface area contributed by atoms with E-state index in [2.05, 4.69) is 47.4 Å². The zero-order chi connectivity index (χ0) is 15.6. The minimum Gasteiger partial charge on any atom is -0.465 e. The van der Waals surface area contributed by atoms with Crippen molar-refractivity contribution in [3.05, 3.63) is 43.6 Å². The van der Waals surface area contributed by atoms with Gasteiger partial charge in [0.1, 0.15) is 0 Å². The van der Waals surface area contributed by atoms with Gasteiger partial charge in [-0.25, -0.2) is 4.79 Å². The smallest absolute Gasteiger partial charge is 0.340 e. The zero-order valence-corrected chi connectivity index (χ0v) is 15.1. The monoisotopic (exact) mass is 415 g/mol. The summed E-state index contributed by atoms with van der Waals surface area (Å²) in [5.41, 5.74) is 4.20. The van der Waals surface area contributed by atoms with Gasteiger partial charge < -0.3 is 10.1 Å². The normalized spacial score (nSPS) is 10.5. The average molecular weight is 417 g/mol. The topological polar surface area (TPSA) is 67.0 Å². The number of carbonyl (C=O) groups is 1. The summed E-state index contributed by atoms with van der Waals surface area (Å²) in [4.78, 5) is 11.9. The number of aromatic amines is 1. The Bertz CT molecular complexity index is 664. The van der Waals surface area contributed by atoms with E-state index in [9.17, 15) is 4.79 Å². The van der Waals surface area contributed by atoms with Crippen molar-refractivity contribution in [3.8, 4) is 0 Å². The van der Waals surface area contributed by atoms with Crippen molar-refractivity contribution in [2.24, 2.45) is 0 Å². The lowest BCUT2D eigenvalue weighted by molar-refractivity contribution is 0.0601. The molecule has 5 nitrogen and oxygen atoms in total. The van der Waals surface area contributed by atoms with Gasteiger partial charge in [0.2, 0.25) is 0 Å². The summed E-state index contributed by atoms with van der Waals surface area (Å²) in [6, 6.07) is 3.61. The Morgan fingerprint density at radius 2 is 2.10 bits per heavy atom. The van der Waals surface area contributed by atoms with E-state index in [-0.39, 0.29) is 5.97 Å². The molecule has 0 bridgehead atoms. The highest BCUT2D eigenvalue weighted by Gasteiger charge is 2.17. The Balaban J connectivity index is 2.33. The first-order chi connectivity index (χ1) is 9.93. The molecular formula is C14H15Br2N3O2. The lowest BCUT2D eigenvalue weighted by Gasteiger charge is -2.14. The molecule has 0 spiro atoms. The number of H-pyrrole nitrogens is 1. The van der Waals surface area contributed by atoms with Crippen LogP contribution in [-0.4, -0.2) is 23.3 Å². The van der Waals surface area contributed by atoms with Crippen LogP contribution in [0.4, 0.5) is 5.69 Å². The SMILES string of the molecule is COC(=O)c1cc(Br)cc(Br)c1NCc1c(C)n[nH]c1C. The van der Waals surface area contributed by atoms with Crippen LogP contribution in [0.15, 0.2) is 21.1 Å². The van der Waals surface area contributed by atoms with Crippen LogP contribution >= 0.6 is 31.9 Å². The van der Waals surface area contributed by atoms with Crippen molar-refractivity contribution in [1.82, 2.24) is 10.2 Å². The molecule has 2 rings (SSSR count). The first-order valence-corrected chi connectivity index (χ1v) is 7.84. The maximum atomic E-state index is 11.9. The van der Waals surface area contributed by atoms with Crippen molar-refractivity contribution >= 4 is 43.5 Å². The summed E-state index contributed by atoms with van der Waals surface area (Å²) >= 11 is 6.85. The number of benzene rings is 1. The van der Waals surface area contributed by atoms with Gasteiger partial charge >= 0.3 is 5.97 Å². The molecule has 1 aromatic carbocycles. The number of esters is 1. The van der Waals surface area contributed by atoms with E-state index in [1.54, 1.807) is 6.07 Å². The highest BCUT2D eigenvalue weighted by molar-refractivity contribution is 9.11. The van der Waals surface area contributed by atoms with Crippen LogP contribution in [0, 0.1) is 13.8 Å². The predicted molar refractivity (Wildman–Crippen MR) is 88.6 cm³/mol. The number of methoxy groups -OCH3 is 1. The molecule has 0 saturated carbocycles. The molecule has 1 heterocycles. The molecule has 0 aliphatic carbocycles. The third-order valence-electron chi connectivity index (χ3n) is 3.18. The Kier molecular flexibility index (Phi) is 5.05. The molecule has 112 valence electrons. The maximum Gasteiger partial charge on any atom is 0.340 e. The quantitative estimate of drug-likeness (QED) is 0.740. The second kappa shape index (κ2) is 6.62. The molecule has 0 unspecified atom stereocenters. The minimum atomic E-state index is -0.389. The summed E-state index contributed by atoms with van der Waals surface area (Å²) in [6.07, 6.45) is 0. The highest BCUT2D eigenvalue weighted by Crippen LogP contribution is 2.32. The van der Waals surface area contributed by atoms with Crippen molar-refractivity contribution in [3.63, 3.8) is 0 Å². The molecule has 0 aliphatic heterocycles. The molecule has 0 atom stereocenters. The first-order valence-electron chi connectivity index (χ1n) is 6.25. The van der Waals surface area contributed by atoms with E-state index in [0.29, 0.717) is 17.8 Å². The van der Waals surface area contributed by atoms with Gasteiger partial charge in [-0.3, -0.25) is 5.10 Å². The lowest BCUT2D eigenvalue weighted by atomic mass is 10.1. The van der Waals surface area contributed by atoms with Gasteiger partial charge in [0, 0.05) is 26.7 Å². The largest absolute Gasteiger partial charge is 0.465 e. The molecular weight excluding hydrogens is 402 g/mol. The second-order valence-corrected chi connectivity index (χ2v) is 6.34. The van der Waals surface area contributed by atoms with Crippen LogP contribution in [-0.2, 0) is 11.3 Å². The van der Waals surface area contributed by atoms with E-state index in [1.165, 1.54) is 7.11 Å². The highest BCUT2D eigenvalue weighted by atomic mass is 79.9. The Morgan fingerprint density at radius 3 is 2.67 bits per heavy atom. The molecule has 0 fully saturated rings. The number of ether oxygens (including phenoxy) is 1. The van der Waals surface area contributed by atoms with E-state index >= 15 is 0 Å². The number of nitrogens with one attached hydrogen (secondary N) is 2. The number of carbonyl (C=O) groups excluding carboxylic acids is 1. The number of halogens is 2. The summed E-state index contributed by atoms with van der Waals surface area (Å²) < 4.78 is 6.42. The lowest BCUT2D eigenvalue weighted by Crippen LogP contribution is -2.10. The van der Waals surface area contributed by atoms with Crippen LogP contribution in [0.5, 0.6) is 0 Å². The van der Waals surface area contributed by atoms with Crippen LogP contribution in [0.1, 0.15) is 27.3 Å². The molecule has 21 heavy (non-hydrogen) atoms. The fourth-order valence-electron chi connectivity index (χ4n) is 2.04. The summed E-state index contributed by atoms with van der Waals surface area (Å²) in [5, 5.41) is 10.4. The summed E-state index contributed by atoms with van der Waals surface area (Å²) in [6.45, 7) is 4.48. The molecule has 1 aromatic heterocycles.